The first kappa shape index (κ1) is 42.1. The van der Waals surface area contributed by atoms with Crippen LogP contribution in [0.5, 0.6) is 11.5 Å². The Balaban J connectivity index is 0.000000546. The molecule has 7 N–H and O–H groups in total. The molecule has 1 saturated heterocycles. The Morgan fingerprint density at radius 2 is 1.79 bits per heavy atom. The molecule has 0 aliphatic carbocycles. The van der Waals surface area contributed by atoms with Crippen LogP contribution in [0.3, 0.4) is 0 Å². The highest BCUT2D eigenvalue weighted by molar-refractivity contribution is 7.89. The van der Waals surface area contributed by atoms with E-state index in [-0.39, 0.29) is 35.8 Å². The molecular formula is C30H44ClF3N4O7S2. The maximum Gasteiger partial charge on any atom is 0.573 e. The summed E-state index contributed by atoms with van der Waals surface area (Å²) in [6.45, 7) is 4.83. The van der Waals surface area contributed by atoms with Crippen molar-refractivity contribution in [3.05, 3.63) is 48.0 Å². The van der Waals surface area contributed by atoms with E-state index in [0.29, 0.717) is 28.4 Å². The molecule has 0 saturated carbocycles. The fourth-order valence-electron chi connectivity index (χ4n) is 4.76. The number of anilines is 1. The van der Waals surface area contributed by atoms with Crippen molar-refractivity contribution in [3.63, 3.8) is 0 Å². The minimum atomic E-state index is -4.68. The zero-order valence-corrected chi connectivity index (χ0v) is 28.5. The van der Waals surface area contributed by atoms with Gasteiger partial charge in [0.2, 0.25) is 10.0 Å². The maximum absolute atomic E-state index is 12.0. The molecule has 1 aromatic heterocycles. The van der Waals surface area contributed by atoms with Crippen LogP contribution in [0.2, 0.25) is 0 Å². The quantitative estimate of drug-likeness (QED) is 0.150. The summed E-state index contributed by atoms with van der Waals surface area (Å²) in [5.74, 6) is 0.0865. The standard InChI is InChI=1S/C22H36N2O5S.C8H5F3N2OS.ClH.H2O/c1-2-3-16-30(27,28)24-21(22(25)26)17-19-7-9-20(10-8-19)29-15-5-4-6-18-11-13-23-14-12-18;9-8(10,11)14-4-1-2-5-6(3-4)15-7(12)13-5;;/h7-10,18,21,23-24H,2-6,11-17H2,1H3,(H,25,26);1-3H,(H2,12,13);1H;1H2/t21-;;;/m0.../s1. The second-order valence-corrected chi connectivity index (χ2v) is 13.7. The number of nitrogens with one attached hydrogen (secondary N) is 2. The number of unbranched alkanes of at least 4 members (excludes halogenated alkanes) is 2. The highest BCUT2D eigenvalue weighted by atomic mass is 35.5. The molecule has 266 valence electrons. The molecule has 0 unspecified atom stereocenters. The third-order valence-corrected chi connectivity index (χ3v) is 9.41. The average molecular weight is 729 g/mol. The van der Waals surface area contributed by atoms with Crippen LogP contribution in [-0.4, -0.2) is 67.8 Å². The summed E-state index contributed by atoms with van der Waals surface area (Å²) in [5, 5.41) is 13.1. The SMILES string of the molecule is CCCCS(=O)(=O)N[C@@H](Cc1ccc(OCCCCC2CCNCC2)cc1)C(=O)O.Cl.Nc1nc2ccc(OC(F)(F)F)cc2s1.O. The maximum atomic E-state index is 12.0. The largest absolute Gasteiger partial charge is 0.573 e. The molecule has 4 rings (SSSR count). The zero-order valence-electron chi connectivity index (χ0n) is 26.1. The lowest BCUT2D eigenvalue weighted by molar-refractivity contribution is -0.274. The Bertz CT molecular complexity index is 1460. The summed E-state index contributed by atoms with van der Waals surface area (Å²) in [5.41, 5.74) is 6.72. The summed E-state index contributed by atoms with van der Waals surface area (Å²) in [6, 6.07) is 9.93. The van der Waals surface area contributed by atoms with Gasteiger partial charge in [-0.05, 0) is 87.4 Å². The van der Waals surface area contributed by atoms with Crippen LogP contribution >= 0.6 is 23.7 Å². The molecule has 1 fully saturated rings. The van der Waals surface area contributed by atoms with Crippen LogP contribution < -0.4 is 25.2 Å². The van der Waals surface area contributed by atoms with Gasteiger partial charge in [-0.15, -0.1) is 25.6 Å². The molecule has 2 heterocycles. The number of alkyl halides is 3. The number of carboxylic acid groups (broad SMARTS) is 1. The summed E-state index contributed by atoms with van der Waals surface area (Å²) in [7, 11) is -3.60. The molecule has 1 atom stereocenters. The van der Waals surface area contributed by atoms with E-state index >= 15 is 0 Å². The summed E-state index contributed by atoms with van der Waals surface area (Å²) in [4.78, 5) is 15.4. The molecule has 0 bridgehead atoms. The number of fused-ring (bicyclic) bond motifs is 1. The number of sulfonamides is 1. The number of piperidine rings is 1. The number of rotatable bonds is 15. The molecule has 3 aromatic rings. The van der Waals surface area contributed by atoms with Gasteiger partial charge < -0.3 is 31.1 Å². The molecule has 17 heteroatoms. The Kier molecular flexibility index (Phi) is 18.4. The van der Waals surface area contributed by atoms with Gasteiger partial charge in [0.25, 0.3) is 0 Å². The van der Waals surface area contributed by atoms with E-state index in [1.54, 1.807) is 12.1 Å². The number of ether oxygens (including phenoxy) is 2. The number of aromatic nitrogens is 1. The fourth-order valence-corrected chi connectivity index (χ4v) is 6.93. The van der Waals surface area contributed by atoms with Gasteiger partial charge >= 0.3 is 12.3 Å². The van der Waals surface area contributed by atoms with Crippen LogP contribution in [0.15, 0.2) is 42.5 Å². The van der Waals surface area contributed by atoms with Gasteiger partial charge in [-0.2, -0.15) is 0 Å². The molecule has 0 radical (unpaired) electrons. The van der Waals surface area contributed by atoms with E-state index in [2.05, 4.69) is 19.8 Å². The summed E-state index contributed by atoms with van der Waals surface area (Å²) >= 11 is 1.11. The van der Waals surface area contributed by atoms with Crippen LogP contribution in [0.25, 0.3) is 10.2 Å². The number of benzene rings is 2. The molecule has 11 nitrogen and oxygen atoms in total. The third kappa shape index (κ3) is 16.2. The highest BCUT2D eigenvalue weighted by Crippen LogP contribution is 2.30. The van der Waals surface area contributed by atoms with Crippen molar-refractivity contribution in [1.29, 1.82) is 0 Å². The number of nitrogen functional groups attached to an aromatic ring is 1. The lowest BCUT2D eigenvalue weighted by Gasteiger charge is -2.22. The van der Waals surface area contributed by atoms with Crippen molar-refractivity contribution in [2.45, 2.75) is 70.7 Å². The first-order chi connectivity index (χ1) is 21.3. The molecule has 47 heavy (non-hydrogen) atoms. The van der Waals surface area contributed by atoms with Crippen molar-refractivity contribution in [1.82, 2.24) is 15.0 Å². The molecule has 2 aromatic carbocycles. The smallest absolute Gasteiger partial charge is 0.494 e. The first-order valence-electron chi connectivity index (χ1n) is 14.9. The predicted molar refractivity (Wildman–Crippen MR) is 180 cm³/mol. The lowest BCUT2D eigenvalue weighted by Crippen LogP contribution is -2.43. The Morgan fingerprint density at radius 3 is 2.40 bits per heavy atom. The van der Waals surface area contributed by atoms with E-state index < -0.39 is 28.4 Å². The van der Waals surface area contributed by atoms with Crippen molar-refractivity contribution >= 4 is 55.1 Å². The number of thiazole rings is 1. The number of carboxylic acids is 1. The minimum absolute atomic E-state index is 0. The van der Waals surface area contributed by atoms with Gasteiger partial charge in [-0.25, -0.2) is 18.1 Å². The minimum Gasteiger partial charge on any atom is -0.494 e. The molecule has 0 amide bonds. The molecular weight excluding hydrogens is 685 g/mol. The normalized spacial score (nSPS) is 14.2. The fraction of sp³-hybridized carbons (Fsp3) is 0.533. The number of halogens is 4. The van der Waals surface area contributed by atoms with Gasteiger partial charge in [-0.3, -0.25) is 4.79 Å². The van der Waals surface area contributed by atoms with E-state index in [9.17, 15) is 31.5 Å². The predicted octanol–water partition coefficient (Wildman–Crippen LogP) is 5.32. The Morgan fingerprint density at radius 1 is 1.13 bits per heavy atom. The van der Waals surface area contributed by atoms with Crippen LogP contribution in [0, 0.1) is 5.92 Å². The molecule has 0 spiro atoms. The van der Waals surface area contributed by atoms with E-state index in [1.807, 2.05) is 19.1 Å². The van der Waals surface area contributed by atoms with Gasteiger partial charge in [0.15, 0.2) is 5.13 Å². The van der Waals surface area contributed by atoms with Crippen LogP contribution in [-0.2, 0) is 21.2 Å². The number of aliphatic carboxylic acids is 1. The van der Waals surface area contributed by atoms with Crippen molar-refractivity contribution in [3.8, 4) is 11.5 Å². The molecule has 1 aliphatic heterocycles. The lowest BCUT2D eigenvalue weighted by atomic mass is 9.93. The monoisotopic (exact) mass is 728 g/mol. The summed E-state index contributed by atoms with van der Waals surface area (Å²) < 4.78 is 72.1. The van der Waals surface area contributed by atoms with Gasteiger partial charge in [0.05, 0.1) is 22.6 Å². The Hall–Kier alpha value is -2.89. The zero-order chi connectivity index (χ0) is 32.9. The van der Waals surface area contributed by atoms with Crippen molar-refractivity contribution in [2.75, 3.05) is 31.2 Å². The van der Waals surface area contributed by atoms with Crippen LogP contribution in [0.1, 0.15) is 57.4 Å². The van der Waals surface area contributed by atoms with Gasteiger partial charge in [0, 0.05) is 6.07 Å². The van der Waals surface area contributed by atoms with Gasteiger partial charge in [0.1, 0.15) is 17.5 Å². The van der Waals surface area contributed by atoms with E-state index in [0.717, 1.165) is 54.5 Å². The molecule has 1 aliphatic rings. The third-order valence-electron chi connectivity index (χ3n) is 7.09. The Labute approximate surface area is 283 Å². The number of hydrogen-bond donors (Lipinski definition) is 4. The number of carbonyl (C=O) groups is 1. The second-order valence-electron chi connectivity index (χ2n) is 10.8. The number of nitrogens with zero attached hydrogens (tertiary/aromatic N) is 1. The van der Waals surface area contributed by atoms with Gasteiger partial charge in [-0.1, -0.05) is 43.2 Å². The summed E-state index contributed by atoms with van der Waals surface area (Å²) in [6.07, 6.45) is 2.65. The highest BCUT2D eigenvalue weighted by Gasteiger charge is 2.31. The van der Waals surface area contributed by atoms with Crippen molar-refractivity contribution < 1.29 is 46.4 Å². The van der Waals surface area contributed by atoms with E-state index in [4.69, 9.17) is 10.5 Å². The second kappa shape index (κ2) is 20.5. The average Bonchev–Trinajstić information content (AvgIpc) is 3.35. The first-order valence-corrected chi connectivity index (χ1v) is 17.4. The number of hydrogen-bond acceptors (Lipinski definition) is 9. The number of nitrogens with two attached hydrogens (primary N) is 1. The van der Waals surface area contributed by atoms with Crippen molar-refractivity contribution in [2.24, 2.45) is 5.92 Å². The van der Waals surface area contributed by atoms with E-state index in [1.165, 1.54) is 43.9 Å². The van der Waals surface area contributed by atoms with Crippen LogP contribution in [0.4, 0.5) is 18.3 Å². The topological polar surface area (TPSA) is 184 Å².